The van der Waals surface area contributed by atoms with E-state index >= 15 is 0 Å². The van der Waals surface area contributed by atoms with E-state index in [-0.39, 0.29) is 0 Å². The van der Waals surface area contributed by atoms with Crippen LogP contribution < -0.4 is 4.74 Å². The van der Waals surface area contributed by atoms with Crippen LogP contribution in [0.25, 0.3) is 10.1 Å². The third-order valence-electron chi connectivity index (χ3n) is 4.07. The third-order valence-corrected chi connectivity index (χ3v) is 5.40. The Kier molecular flexibility index (Phi) is 5.32. The number of imidazole rings is 1. The number of hydrazone groups is 1. The van der Waals surface area contributed by atoms with Crippen LogP contribution in [0.1, 0.15) is 10.4 Å². The molecule has 0 amide bonds. The van der Waals surface area contributed by atoms with Gasteiger partial charge in [-0.1, -0.05) is 23.7 Å². The number of benzene rings is 2. The van der Waals surface area contributed by atoms with E-state index < -0.39 is 0 Å². The van der Waals surface area contributed by atoms with Gasteiger partial charge in [0.05, 0.1) is 5.56 Å². The highest BCUT2D eigenvalue weighted by atomic mass is 35.5. The number of para-hydroxylation sites is 1. The van der Waals surface area contributed by atoms with Gasteiger partial charge in [-0.25, -0.2) is 4.98 Å². The van der Waals surface area contributed by atoms with Gasteiger partial charge in [-0.05, 0) is 41.8 Å². The molecule has 0 aliphatic rings. The molecule has 0 aliphatic heterocycles. The largest absolute Gasteiger partial charge is 0.487 e. The van der Waals surface area contributed by atoms with Gasteiger partial charge in [0.1, 0.15) is 18.7 Å². The fourth-order valence-corrected chi connectivity index (χ4v) is 4.02. The summed E-state index contributed by atoms with van der Waals surface area (Å²) in [5.41, 5.74) is 0.901. The van der Waals surface area contributed by atoms with Gasteiger partial charge in [0.2, 0.25) is 0 Å². The van der Waals surface area contributed by atoms with Crippen molar-refractivity contribution in [3.05, 3.63) is 82.7 Å². The molecule has 4 rings (SSSR count). The first kappa shape index (κ1) is 18.5. The standard InChI is InChI=1S/C21H19ClN4OS/c1-25(2)24-21(26-10-9-23-14-26)18-5-3-4-6-19(18)27-13-17-12-15-11-16(22)7-8-20(15)28-17/h3-12,14H,13H2,1-2H3. The first-order valence-electron chi connectivity index (χ1n) is 8.74. The Hall–Kier alpha value is -2.83. The zero-order valence-electron chi connectivity index (χ0n) is 15.5. The van der Waals surface area contributed by atoms with Crippen molar-refractivity contribution in [1.29, 1.82) is 0 Å². The first-order chi connectivity index (χ1) is 13.6. The summed E-state index contributed by atoms with van der Waals surface area (Å²) in [5, 5.41) is 8.28. The molecule has 0 aliphatic carbocycles. The summed E-state index contributed by atoms with van der Waals surface area (Å²) >= 11 is 7.81. The van der Waals surface area contributed by atoms with Crippen LogP contribution in [0.5, 0.6) is 5.75 Å². The monoisotopic (exact) mass is 410 g/mol. The van der Waals surface area contributed by atoms with Crippen LogP contribution in [-0.2, 0) is 6.61 Å². The van der Waals surface area contributed by atoms with Crippen LogP contribution in [0.15, 0.2) is 72.4 Å². The molecule has 7 heteroatoms. The van der Waals surface area contributed by atoms with Crippen LogP contribution >= 0.6 is 22.9 Å². The second kappa shape index (κ2) is 8.04. The second-order valence-corrected chi connectivity index (χ2v) is 8.03. The molecule has 0 spiro atoms. The van der Waals surface area contributed by atoms with Crippen LogP contribution in [-0.4, -0.2) is 34.5 Å². The summed E-state index contributed by atoms with van der Waals surface area (Å²) in [5.74, 6) is 1.52. The van der Waals surface area contributed by atoms with Crippen LogP contribution in [0.2, 0.25) is 5.02 Å². The molecule has 0 N–H and O–H groups in total. The molecule has 0 unspecified atom stereocenters. The van der Waals surface area contributed by atoms with Gasteiger partial charge < -0.3 is 9.75 Å². The topological polar surface area (TPSA) is 42.6 Å². The average Bonchev–Trinajstić information content (AvgIpc) is 3.34. The zero-order valence-corrected chi connectivity index (χ0v) is 17.1. The lowest BCUT2D eigenvalue weighted by atomic mass is 10.2. The number of ether oxygens (including phenoxy) is 1. The molecule has 0 fully saturated rings. The maximum absolute atomic E-state index is 6.19. The van der Waals surface area contributed by atoms with Crippen LogP contribution in [0, 0.1) is 0 Å². The summed E-state index contributed by atoms with van der Waals surface area (Å²) in [6, 6.07) is 16.0. The lowest BCUT2D eigenvalue weighted by molar-refractivity contribution is 0.309. The van der Waals surface area contributed by atoms with E-state index in [9.17, 15) is 0 Å². The molecule has 5 nitrogen and oxygen atoms in total. The smallest absolute Gasteiger partial charge is 0.168 e. The molecular weight excluding hydrogens is 392 g/mol. The van der Waals surface area contributed by atoms with Gasteiger partial charge >= 0.3 is 0 Å². The fraction of sp³-hybridized carbons (Fsp3) is 0.143. The van der Waals surface area contributed by atoms with E-state index in [0.717, 1.165) is 32.4 Å². The highest BCUT2D eigenvalue weighted by Crippen LogP contribution is 2.29. The minimum absolute atomic E-state index is 0.479. The van der Waals surface area contributed by atoms with Crippen molar-refractivity contribution in [2.75, 3.05) is 14.1 Å². The van der Waals surface area contributed by atoms with Crippen molar-refractivity contribution in [1.82, 2.24) is 14.6 Å². The van der Waals surface area contributed by atoms with Gasteiger partial charge in [0.15, 0.2) is 5.84 Å². The van der Waals surface area contributed by atoms with Gasteiger partial charge in [0, 0.05) is 41.1 Å². The molecule has 142 valence electrons. The molecule has 0 bridgehead atoms. The van der Waals surface area contributed by atoms with Crippen LogP contribution in [0.3, 0.4) is 0 Å². The molecule has 0 radical (unpaired) electrons. The van der Waals surface area contributed by atoms with Gasteiger partial charge in [-0.15, -0.1) is 11.3 Å². The van der Waals surface area contributed by atoms with Crippen molar-refractivity contribution in [2.24, 2.45) is 5.10 Å². The Morgan fingerprint density at radius 2 is 2.07 bits per heavy atom. The molecular formula is C21H19ClN4OS. The van der Waals surface area contributed by atoms with E-state index in [4.69, 9.17) is 16.3 Å². The Morgan fingerprint density at radius 1 is 1.21 bits per heavy atom. The Labute approximate surface area is 172 Å². The number of rotatable bonds is 5. The van der Waals surface area contributed by atoms with E-state index in [1.165, 1.54) is 4.70 Å². The van der Waals surface area contributed by atoms with Gasteiger partial charge in [-0.2, -0.15) is 5.10 Å². The third kappa shape index (κ3) is 4.03. The fourth-order valence-electron chi connectivity index (χ4n) is 2.88. The molecule has 2 heterocycles. The number of nitrogens with zero attached hydrogens (tertiary/aromatic N) is 4. The Morgan fingerprint density at radius 3 is 2.86 bits per heavy atom. The molecule has 0 atom stereocenters. The highest BCUT2D eigenvalue weighted by molar-refractivity contribution is 7.19. The minimum Gasteiger partial charge on any atom is -0.487 e. The van der Waals surface area contributed by atoms with Gasteiger partial charge in [-0.3, -0.25) is 4.57 Å². The maximum atomic E-state index is 6.19. The number of aromatic nitrogens is 2. The van der Waals surface area contributed by atoms with Crippen molar-refractivity contribution in [2.45, 2.75) is 6.61 Å². The highest BCUT2D eigenvalue weighted by Gasteiger charge is 2.14. The van der Waals surface area contributed by atoms with Crippen molar-refractivity contribution in [3.63, 3.8) is 0 Å². The predicted molar refractivity (Wildman–Crippen MR) is 115 cm³/mol. The van der Waals surface area contributed by atoms with Crippen LogP contribution in [0.4, 0.5) is 0 Å². The summed E-state index contributed by atoms with van der Waals surface area (Å²) in [6.45, 7) is 0.479. The number of hydrogen-bond acceptors (Lipinski definition) is 5. The molecule has 0 saturated carbocycles. The number of halogens is 1. The number of fused-ring (bicyclic) bond motifs is 1. The quantitative estimate of drug-likeness (QED) is 0.261. The maximum Gasteiger partial charge on any atom is 0.168 e. The lowest BCUT2D eigenvalue weighted by Gasteiger charge is -2.15. The Balaban J connectivity index is 1.63. The summed E-state index contributed by atoms with van der Waals surface area (Å²) in [4.78, 5) is 5.28. The predicted octanol–water partition coefficient (Wildman–Crippen LogP) is 5.10. The second-order valence-electron chi connectivity index (χ2n) is 6.42. The minimum atomic E-state index is 0.479. The molecule has 28 heavy (non-hydrogen) atoms. The lowest BCUT2D eigenvalue weighted by Crippen LogP contribution is -2.18. The molecule has 2 aromatic carbocycles. The molecule has 2 aromatic heterocycles. The van der Waals surface area contributed by atoms with E-state index in [2.05, 4.69) is 16.2 Å². The summed E-state index contributed by atoms with van der Waals surface area (Å²) in [7, 11) is 3.78. The molecule has 0 saturated heterocycles. The zero-order chi connectivity index (χ0) is 19.5. The van der Waals surface area contributed by atoms with E-state index in [1.54, 1.807) is 28.9 Å². The van der Waals surface area contributed by atoms with Gasteiger partial charge in [0.25, 0.3) is 0 Å². The van der Waals surface area contributed by atoms with E-state index in [0.29, 0.717) is 6.61 Å². The van der Waals surface area contributed by atoms with E-state index in [1.807, 2.05) is 67.3 Å². The SMILES string of the molecule is CN(C)N=C(c1ccccc1OCc1cc2cc(Cl)ccc2s1)n1ccnc1. The summed E-state index contributed by atoms with van der Waals surface area (Å²) in [6.07, 6.45) is 5.33. The average molecular weight is 411 g/mol. The number of thiophene rings is 1. The van der Waals surface area contributed by atoms with Crippen molar-refractivity contribution < 1.29 is 4.74 Å². The molecule has 4 aromatic rings. The van der Waals surface area contributed by atoms with Crippen molar-refractivity contribution >= 4 is 38.9 Å². The summed E-state index contributed by atoms with van der Waals surface area (Å²) < 4.78 is 9.27. The number of hydrogen-bond donors (Lipinski definition) is 0. The normalized spacial score (nSPS) is 11.8. The Bertz CT molecular complexity index is 1120. The first-order valence-corrected chi connectivity index (χ1v) is 9.94. The van der Waals surface area contributed by atoms with Crippen molar-refractivity contribution in [3.8, 4) is 5.75 Å².